The molecule has 1 aromatic heterocycles. The molecule has 5 nitrogen and oxygen atoms in total. The van der Waals surface area contributed by atoms with Crippen LogP contribution in [0.4, 0.5) is 5.69 Å². The average molecular weight is 383 g/mol. The zero-order valence-electron chi connectivity index (χ0n) is 15.3. The van der Waals surface area contributed by atoms with Gasteiger partial charge < -0.3 is 14.8 Å². The summed E-state index contributed by atoms with van der Waals surface area (Å²) in [5.41, 5.74) is 3.31. The normalized spacial score (nSPS) is 11.0. The van der Waals surface area contributed by atoms with Crippen LogP contribution >= 0.6 is 0 Å². The molecular formula is C24H17NO4. The van der Waals surface area contributed by atoms with E-state index in [1.165, 1.54) is 6.07 Å². The molecule has 2 N–H and O–H groups in total. The molecule has 0 saturated carbocycles. The molecule has 4 rings (SSSR count). The SMILES string of the molecule is O=C(Nc1cc(C=Cc2ccc3occc3c2)ccc1C(=O)O)c1ccccc1. The summed E-state index contributed by atoms with van der Waals surface area (Å²) in [7, 11) is 0. The van der Waals surface area contributed by atoms with Crippen molar-refractivity contribution in [1.29, 1.82) is 0 Å². The van der Waals surface area contributed by atoms with Gasteiger partial charge >= 0.3 is 5.97 Å². The number of rotatable bonds is 5. The Labute approximate surface area is 166 Å². The van der Waals surface area contributed by atoms with Gasteiger partial charge in [0.25, 0.3) is 5.91 Å². The van der Waals surface area contributed by atoms with Crippen LogP contribution in [0.15, 0.2) is 83.5 Å². The van der Waals surface area contributed by atoms with Crippen molar-refractivity contribution < 1.29 is 19.1 Å². The van der Waals surface area contributed by atoms with Gasteiger partial charge in [-0.2, -0.15) is 0 Å². The Bertz CT molecular complexity index is 1220. The first kappa shape index (κ1) is 18.3. The molecule has 0 bridgehead atoms. The van der Waals surface area contributed by atoms with Crippen LogP contribution < -0.4 is 5.32 Å². The molecule has 3 aromatic carbocycles. The molecule has 0 saturated heterocycles. The maximum atomic E-state index is 12.4. The van der Waals surface area contributed by atoms with Crippen LogP contribution in [0.2, 0.25) is 0 Å². The molecule has 0 spiro atoms. The predicted molar refractivity (Wildman–Crippen MR) is 113 cm³/mol. The number of aromatic carboxylic acids is 1. The van der Waals surface area contributed by atoms with Gasteiger partial charge in [-0.05, 0) is 53.6 Å². The summed E-state index contributed by atoms with van der Waals surface area (Å²) in [6.45, 7) is 0. The van der Waals surface area contributed by atoms with E-state index in [1.807, 2.05) is 42.5 Å². The number of carboxylic acid groups (broad SMARTS) is 1. The van der Waals surface area contributed by atoms with E-state index in [2.05, 4.69) is 5.32 Å². The van der Waals surface area contributed by atoms with Gasteiger partial charge in [0.05, 0.1) is 17.5 Å². The molecule has 0 unspecified atom stereocenters. The van der Waals surface area contributed by atoms with Crippen LogP contribution in [0.5, 0.6) is 0 Å². The second-order valence-electron chi connectivity index (χ2n) is 6.48. The summed E-state index contributed by atoms with van der Waals surface area (Å²) >= 11 is 0. The third-order valence-corrected chi connectivity index (χ3v) is 4.50. The maximum absolute atomic E-state index is 12.4. The van der Waals surface area contributed by atoms with E-state index in [-0.39, 0.29) is 17.2 Å². The molecule has 0 aliphatic heterocycles. The molecule has 0 aliphatic rings. The Kier molecular flexibility index (Phi) is 4.95. The molecule has 4 aromatic rings. The summed E-state index contributed by atoms with van der Waals surface area (Å²) in [6.07, 6.45) is 5.43. The number of carbonyl (C=O) groups excluding carboxylic acids is 1. The van der Waals surface area contributed by atoms with Gasteiger partial charge in [0.2, 0.25) is 0 Å². The van der Waals surface area contributed by atoms with Crippen molar-refractivity contribution in [2.24, 2.45) is 0 Å². The Morgan fingerprint density at radius 2 is 1.59 bits per heavy atom. The van der Waals surface area contributed by atoms with Crippen LogP contribution in [0, 0.1) is 0 Å². The molecule has 1 amide bonds. The zero-order valence-corrected chi connectivity index (χ0v) is 15.3. The van der Waals surface area contributed by atoms with Gasteiger partial charge in [-0.15, -0.1) is 0 Å². The monoisotopic (exact) mass is 383 g/mol. The maximum Gasteiger partial charge on any atom is 0.337 e. The summed E-state index contributed by atoms with van der Waals surface area (Å²) < 4.78 is 5.34. The number of fused-ring (bicyclic) bond motifs is 1. The number of nitrogens with one attached hydrogen (secondary N) is 1. The molecule has 142 valence electrons. The Hall–Kier alpha value is -4.12. The van der Waals surface area contributed by atoms with Crippen LogP contribution in [0.1, 0.15) is 31.8 Å². The number of furan rings is 1. The van der Waals surface area contributed by atoms with Crippen LogP contribution in [-0.2, 0) is 0 Å². The summed E-state index contributed by atoms with van der Waals surface area (Å²) in [4.78, 5) is 24.0. The van der Waals surface area contributed by atoms with Crippen LogP contribution in [-0.4, -0.2) is 17.0 Å². The number of carbonyl (C=O) groups is 2. The van der Waals surface area contributed by atoms with E-state index in [0.717, 1.165) is 22.1 Å². The van der Waals surface area contributed by atoms with Crippen molar-refractivity contribution in [3.63, 3.8) is 0 Å². The fourth-order valence-electron chi connectivity index (χ4n) is 3.02. The van der Waals surface area contributed by atoms with Gasteiger partial charge in [0, 0.05) is 10.9 Å². The molecule has 0 fully saturated rings. The highest BCUT2D eigenvalue weighted by atomic mass is 16.4. The minimum atomic E-state index is -1.10. The largest absolute Gasteiger partial charge is 0.478 e. The smallest absolute Gasteiger partial charge is 0.337 e. The van der Waals surface area contributed by atoms with Gasteiger partial charge in [0.1, 0.15) is 5.58 Å². The minimum absolute atomic E-state index is 0.0336. The van der Waals surface area contributed by atoms with Crippen molar-refractivity contribution in [2.45, 2.75) is 0 Å². The molecule has 0 atom stereocenters. The van der Waals surface area contributed by atoms with E-state index in [1.54, 1.807) is 42.7 Å². The van der Waals surface area contributed by atoms with Gasteiger partial charge in [-0.25, -0.2) is 4.79 Å². The highest BCUT2D eigenvalue weighted by molar-refractivity contribution is 6.08. The molecule has 0 aliphatic carbocycles. The lowest BCUT2D eigenvalue weighted by atomic mass is 10.1. The Balaban J connectivity index is 1.61. The standard InChI is InChI=1S/C24H17NO4/c26-23(18-4-2-1-3-5-18)25-21-15-17(8-10-20(21)24(27)28)7-6-16-9-11-22-19(14-16)12-13-29-22/h1-15H,(H,25,26)(H,27,28). The molecule has 0 radical (unpaired) electrons. The minimum Gasteiger partial charge on any atom is -0.478 e. The summed E-state index contributed by atoms with van der Waals surface area (Å²) in [5.74, 6) is -1.46. The number of hydrogen-bond donors (Lipinski definition) is 2. The first-order valence-electron chi connectivity index (χ1n) is 8.99. The van der Waals surface area contributed by atoms with E-state index in [4.69, 9.17) is 4.42 Å². The topological polar surface area (TPSA) is 79.5 Å². The van der Waals surface area contributed by atoms with Crippen molar-refractivity contribution in [1.82, 2.24) is 0 Å². The molecule has 5 heteroatoms. The average Bonchev–Trinajstić information content (AvgIpc) is 3.20. The van der Waals surface area contributed by atoms with Crippen molar-refractivity contribution in [3.8, 4) is 0 Å². The van der Waals surface area contributed by atoms with E-state index in [0.29, 0.717) is 5.56 Å². The lowest BCUT2D eigenvalue weighted by Crippen LogP contribution is -2.14. The van der Waals surface area contributed by atoms with Gasteiger partial charge in [-0.3, -0.25) is 4.79 Å². The zero-order chi connectivity index (χ0) is 20.2. The lowest BCUT2D eigenvalue weighted by molar-refractivity contribution is 0.0698. The number of benzene rings is 3. The fourth-order valence-corrected chi connectivity index (χ4v) is 3.02. The van der Waals surface area contributed by atoms with Crippen molar-refractivity contribution >= 4 is 40.7 Å². The number of amides is 1. The first-order chi connectivity index (χ1) is 14.1. The van der Waals surface area contributed by atoms with Gasteiger partial charge in [-0.1, -0.05) is 42.5 Å². The first-order valence-corrected chi connectivity index (χ1v) is 8.99. The summed E-state index contributed by atoms with van der Waals surface area (Å²) in [5, 5.41) is 13.2. The second kappa shape index (κ2) is 7.86. The molecule has 29 heavy (non-hydrogen) atoms. The van der Waals surface area contributed by atoms with Crippen LogP contribution in [0.3, 0.4) is 0 Å². The lowest BCUT2D eigenvalue weighted by Gasteiger charge is -2.10. The predicted octanol–water partition coefficient (Wildman–Crippen LogP) is 5.55. The third-order valence-electron chi connectivity index (χ3n) is 4.50. The molecule has 1 heterocycles. The quantitative estimate of drug-likeness (QED) is 0.443. The van der Waals surface area contributed by atoms with Crippen molar-refractivity contribution in [3.05, 3.63) is 101 Å². The highest BCUT2D eigenvalue weighted by Gasteiger charge is 2.14. The summed E-state index contributed by atoms with van der Waals surface area (Å²) in [6, 6.07) is 21.2. The number of hydrogen-bond acceptors (Lipinski definition) is 3. The molecular weight excluding hydrogens is 366 g/mol. The fraction of sp³-hybridized carbons (Fsp3) is 0. The van der Waals surface area contributed by atoms with E-state index < -0.39 is 5.97 Å². The van der Waals surface area contributed by atoms with Crippen LogP contribution in [0.25, 0.3) is 23.1 Å². The van der Waals surface area contributed by atoms with Gasteiger partial charge in [0.15, 0.2) is 0 Å². The number of anilines is 1. The van der Waals surface area contributed by atoms with E-state index in [9.17, 15) is 14.7 Å². The Morgan fingerprint density at radius 1 is 0.862 bits per heavy atom. The number of carboxylic acids is 1. The third kappa shape index (κ3) is 4.09. The second-order valence-corrected chi connectivity index (χ2v) is 6.48. The van der Waals surface area contributed by atoms with Crippen molar-refractivity contribution in [2.75, 3.05) is 5.32 Å². The highest BCUT2D eigenvalue weighted by Crippen LogP contribution is 2.22. The Morgan fingerprint density at radius 3 is 2.34 bits per heavy atom. The van der Waals surface area contributed by atoms with E-state index >= 15 is 0 Å².